The van der Waals surface area contributed by atoms with Crippen molar-refractivity contribution < 1.29 is 18.0 Å². The molecule has 7 nitrogen and oxygen atoms in total. The molecule has 10 heteroatoms. The van der Waals surface area contributed by atoms with Gasteiger partial charge in [-0.3, -0.25) is 13.9 Å². The summed E-state index contributed by atoms with van der Waals surface area (Å²) in [4.78, 5) is 27.7. The highest BCUT2D eigenvalue weighted by atomic mass is 35.5. The van der Waals surface area contributed by atoms with E-state index in [1.165, 1.54) is 9.21 Å². The number of benzene rings is 2. The monoisotopic (exact) mass is 555 g/mol. The molecule has 2 aromatic carbocycles. The van der Waals surface area contributed by atoms with E-state index >= 15 is 0 Å². The lowest BCUT2D eigenvalue weighted by molar-refractivity contribution is -0.140. The largest absolute Gasteiger partial charge is 0.354 e. The SMILES string of the molecule is Cc1ccccc1N(CCCC(=O)N(Cc1c(Cl)cccc1Cl)C(C)C(=O)NCC(C)C)S(C)(=O)=O. The molecule has 0 aliphatic rings. The Bertz CT molecular complexity index is 1150. The molecule has 2 rings (SSSR count). The Hall–Kier alpha value is -2.29. The molecule has 1 atom stereocenters. The Kier molecular flexibility index (Phi) is 11.1. The minimum Gasteiger partial charge on any atom is -0.354 e. The third kappa shape index (κ3) is 8.39. The van der Waals surface area contributed by atoms with Crippen LogP contribution in [0.25, 0.3) is 0 Å². The van der Waals surface area contributed by atoms with Crippen molar-refractivity contribution in [3.63, 3.8) is 0 Å². The number of hydrogen-bond acceptors (Lipinski definition) is 4. The second-order valence-electron chi connectivity index (χ2n) is 9.26. The molecule has 0 aliphatic heterocycles. The number of amides is 2. The van der Waals surface area contributed by atoms with Gasteiger partial charge in [0.1, 0.15) is 6.04 Å². The van der Waals surface area contributed by atoms with Gasteiger partial charge in [0, 0.05) is 41.7 Å². The molecule has 0 bridgehead atoms. The maximum Gasteiger partial charge on any atom is 0.242 e. The first-order chi connectivity index (χ1) is 16.8. The van der Waals surface area contributed by atoms with Crippen molar-refractivity contribution in [3.05, 3.63) is 63.6 Å². The van der Waals surface area contributed by atoms with Crippen molar-refractivity contribution in [2.75, 3.05) is 23.7 Å². The van der Waals surface area contributed by atoms with Crippen LogP contribution in [0.2, 0.25) is 10.0 Å². The van der Waals surface area contributed by atoms with Crippen LogP contribution >= 0.6 is 23.2 Å². The number of carbonyl (C=O) groups excluding carboxylic acids is 2. The van der Waals surface area contributed by atoms with Gasteiger partial charge in [0.2, 0.25) is 21.8 Å². The highest BCUT2D eigenvalue weighted by molar-refractivity contribution is 7.92. The number of rotatable bonds is 12. The van der Waals surface area contributed by atoms with Crippen molar-refractivity contribution in [1.29, 1.82) is 0 Å². The van der Waals surface area contributed by atoms with E-state index in [2.05, 4.69) is 5.32 Å². The number of nitrogens with one attached hydrogen (secondary N) is 1. The molecule has 0 heterocycles. The van der Waals surface area contributed by atoms with Gasteiger partial charge in [0.25, 0.3) is 0 Å². The average molecular weight is 557 g/mol. The smallest absolute Gasteiger partial charge is 0.242 e. The minimum atomic E-state index is -3.55. The fourth-order valence-corrected chi connectivity index (χ4v) is 5.25. The number of carbonyl (C=O) groups is 2. The third-order valence-corrected chi connectivity index (χ3v) is 7.67. The minimum absolute atomic E-state index is 0.0434. The van der Waals surface area contributed by atoms with E-state index in [-0.39, 0.29) is 43.7 Å². The number of halogens is 2. The van der Waals surface area contributed by atoms with Gasteiger partial charge in [-0.15, -0.1) is 0 Å². The highest BCUT2D eigenvalue weighted by Gasteiger charge is 2.28. The summed E-state index contributed by atoms with van der Waals surface area (Å²) in [5.41, 5.74) is 1.95. The first kappa shape index (κ1) is 29.9. The Labute approximate surface area is 224 Å². The number of sulfonamides is 1. The first-order valence-corrected chi connectivity index (χ1v) is 14.5. The molecule has 1 N–H and O–H groups in total. The summed E-state index contributed by atoms with van der Waals surface area (Å²) in [5, 5.41) is 3.67. The summed E-state index contributed by atoms with van der Waals surface area (Å²) < 4.78 is 26.3. The molecule has 0 spiro atoms. The lowest BCUT2D eigenvalue weighted by Gasteiger charge is -2.30. The zero-order chi connectivity index (χ0) is 27.0. The van der Waals surface area contributed by atoms with Crippen LogP contribution in [-0.4, -0.2) is 50.5 Å². The standard InChI is InChI=1S/C26H35Cl2N3O4S/c1-18(2)16-29-26(33)20(4)30(17-21-22(27)11-8-12-23(21)28)25(32)14-9-15-31(36(5,34)35)24-13-7-6-10-19(24)3/h6-8,10-13,18,20H,9,14-17H2,1-5H3,(H,29,33). The predicted octanol–water partition coefficient (Wildman–Crippen LogP) is 5.04. The molecule has 2 aromatic rings. The maximum absolute atomic E-state index is 13.4. The van der Waals surface area contributed by atoms with Crippen LogP contribution in [0.15, 0.2) is 42.5 Å². The van der Waals surface area contributed by atoms with Crippen molar-refractivity contribution in [2.45, 2.75) is 53.1 Å². The van der Waals surface area contributed by atoms with Gasteiger partial charge < -0.3 is 10.2 Å². The lowest BCUT2D eigenvalue weighted by Crippen LogP contribution is -2.48. The van der Waals surface area contributed by atoms with Crippen LogP contribution in [-0.2, 0) is 26.2 Å². The Morgan fingerprint density at radius 2 is 1.61 bits per heavy atom. The zero-order valence-corrected chi connectivity index (χ0v) is 23.8. The molecule has 36 heavy (non-hydrogen) atoms. The molecule has 0 saturated heterocycles. The molecule has 0 aliphatic carbocycles. The molecule has 0 radical (unpaired) electrons. The maximum atomic E-state index is 13.4. The second-order valence-corrected chi connectivity index (χ2v) is 12.0. The van der Waals surface area contributed by atoms with Crippen molar-refractivity contribution in [2.24, 2.45) is 5.92 Å². The summed E-state index contributed by atoms with van der Waals surface area (Å²) in [6, 6.07) is 11.5. The third-order valence-electron chi connectivity index (χ3n) is 5.78. The molecule has 0 aromatic heterocycles. The average Bonchev–Trinajstić information content (AvgIpc) is 2.79. The van der Waals surface area contributed by atoms with Crippen LogP contribution in [0.5, 0.6) is 0 Å². The van der Waals surface area contributed by atoms with E-state index in [4.69, 9.17) is 23.2 Å². The van der Waals surface area contributed by atoms with Gasteiger partial charge in [0.05, 0.1) is 11.9 Å². The Morgan fingerprint density at radius 1 is 1.00 bits per heavy atom. The molecule has 198 valence electrons. The van der Waals surface area contributed by atoms with Crippen LogP contribution in [0, 0.1) is 12.8 Å². The summed E-state index contributed by atoms with van der Waals surface area (Å²) in [6.45, 7) is 8.14. The van der Waals surface area contributed by atoms with Crippen LogP contribution in [0.3, 0.4) is 0 Å². The fraction of sp³-hybridized carbons (Fsp3) is 0.462. The second kappa shape index (κ2) is 13.3. The molecular weight excluding hydrogens is 521 g/mol. The number of aryl methyl sites for hydroxylation is 1. The van der Waals surface area contributed by atoms with Crippen LogP contribution in [0.1, 0.15) is 44.7 Å². The van der Waals surface area contributed by atoms with Crippen molar-refractivity contribution in [3.8, 4) is 0 Å². The van der Waals surface area contributed by atoms with Crippen molar-refractivity contribution in [1.82, 2.24) is 10.2 Å². The van der Waals surface area contributed by atoms with E-state index in [1.807, 2.05) is 32.9 Å². The molecule has 0 fully saturated rings. The Balaban J connectivity index is 2.23. The Morgan fingerprint density at radius 3 is 2.17 bits per heavy atom. The molecule has 0 saturated carbocycles. The quantitative estimate of drug-likeness (QED) is 0.397. The fourth-order valence-electron chi connectivity index (χ4n) is 3.71. The van der Waals surface area contributed by atoms with Gasteiger partial charge in [0.15, 0.2) is 0 Å². The predicted molar refractivity (Wildman–Crippen MR) is 147 cm³/mol. The number of nitrogens with zero attached hydrogens (tertiary/aromatic N) is 2. The summed E-state index contributed by atoms with van der Waals surface area (Å²) in [6.07, 6.45) is 1.46. The normalized spacial score (nSPS) is 12.3. The van der Waals surface area contributed by atoms with Crippen LogP contribution in [0.4, 0.5) is 5.69 Å². The molecule has 1 unspecified atom stereocenters. The van der Waals surface area contributed by atoms with E-state index < -0.39 is 16.1 Å². The van der Waals surface area contributed by atoms with E-state index in [1.54, 1.807) is 37.3 Å². The topological polar surface area (TPSA) is 86.8 Å². The van der Waals surface area contributed by atoms with E-state index in [0.29, 0.717) is 27.8 Å². The first-order valence-electron chi connectivity index (χ1n) is 11.9. The molecule has 2 amide bonds. The van der Waals surface area contributed by atoms with Gasteiger partial charge in [-0.1, -0.05) is 61.3 Å². The summed E-state index contributed by atoms with van der Waals surface area (Å²) in [5.74, 6) is -0.318. The van der Waals surface area contributed by atoms with E-state index in [9.17, 15) is 18.0 Å². The summed E-state index contributed by atoms with van der Waals surface area (Å²) >= 11 is 12.7. The number of hydrogen-bond donors (Lipinski definition) is 1. The number of para-hydroxylation sites is 1. The summed E-state index contributed by atoms with van der Waals surface area (Å²) in [7, 11) is -3.55. The van der Waals surface area contributed by atoms with E-state index in [0.717, 1.165) is 11.8 Å². The van der Waals surface area contributed by atoms with Gasteiger partial charge >= 0.3 is 0 Å². The van der Waals surface area contributed by atoms with Gasteiger partial charge in [-0.05, 0) is 49.9 Å². The number of anilines is 1. The van der Waals surface area contributed by atoms with Crippen LogP contribution < -0.4 is 9.62 Å². The highest BCUT2D eigenvalue weighted by Crippen LogP contribution is 2.27. The molecular formula is C26H35Cl2N3O4S. The van der Waals surface area contributed by atoms with Gasteiger partial charge in [-0.2, -0.15) is 0 Å². The zero-order valence-electron chi connectivity index (χ0n) is 21.4. The van der Waals surface area contributed by atoms with Gasteiger partial charge in [-0.25, -0.2) is 8.42 Å². The van der Waals surface area contributed by atoms with Crippen molar-refractivity contribution >= 4 is 50.7 Å². The lowest BCUT2D eigenvalue weighted by atomic mass is 10.1.